The van der Waals surface area contributed by atoms with Crippen LogP contribution in [0.2, 0.25) is 0 Å². The zero-order chi connectivity index (χ0) is 12.4. The molecule has 88 valence electrons. The fourth-order valence-corrected chi connectivity index (χ4v) is 1.64. The van der Waals surface area contributed by atoms with E-state index in [9.17, 15) is 4.39 Å². The summed E-state index contributed by atoms with van der Waals surface area (Å²) in [7, 11) is 0. The summed E-state index contributed by atoms with van der Waals surface area (Å²) in [6.45, 7) is 4.06. The van der Waals surface area contributed by atoms with Crippen LogP contribution in [0.25, 0.3) is 0 Å². The Bertz CT molecular complexity index is 530. The standard InChI is InChI=1S/C14H15FN2/c1-9-6-7-11(8-10(9)2)17-14-12(15)4-3-5-13(14)16/h3-8,17H,16H2,1-2H3. The van der Waals surface area contributed by atoms with Crippen molar-refractivity contribution in [1.29, 1.82) is 0 Å². The van der Waals surface area contributed by atoms with Crippen molar-refractivity contribution in [3.8, 4) is 0 Å². The van der Waals surface area contributed by atoms with Gasteiger partial charge in [0.25, 0.3) is 0 Å². The number of nitrogens with two attached hydrogens (primary N) is 1. The summed E-state index contributed by atoms with van der Waals surface area (Å²) in [4.78, 5) is 0. The van der Waals surface area contributed by atoms with Crippen molar-refractivity contribution >= 4 is 17.1 Å². The molecule has 3 N–H and O–H groups in total. The zero-order valence-corrected chi connectivity index (χ0v) is 9.92. The average Bonchev–Trinajstić information content (AvgIpc) is 2.28. The van der Waals surface area contributed by atoms with Crippen LogP contribution in [0, 0.1) is 19.7 Å². The van der Waals surface area contributed by atoms with Crippen molar-refractivity contribution in [3.63, 3.8) is 0 Å². The number of nitrogens with one attached hydrogen (secondary N) is 1. The Morgan fingerprint density at radius 3 is 2.47 bits per heavy atom. The maximum absolute atomic E-state index is 13.6. The van der Waals surface area contributed by atoms with E-state index in [-0.39, 0.29) is 5.82 Å². The summed E-state index contributed by atoms with van der Waals surface area (Å²) in [6, 6.07) is 10.5. The van der Waals surface area contributed by atoms with E-state index in [1.54, 1.807) is 12.1 Å². The van der Waals surface area contributed by atoms with Crippen LogP contribution in [0.1, 0.15) is 11.1 Å². The minimum absolute atomic E-state index is 0.329. The highest BCUT2D eigenvalue weighted by atomic mass is 19.1. The fraction of sp³-hybridized carbons (Fsp3) is 0.143. The number of aryl methyl sites for hydroxylation is 2. The van der Waals surface area contributed by atoms with Gasteiger partial charge in [-0.25, -0.2) is 4.39 Å². The molecule has 0 radical (unpaired) electrons. The minimum Gasteiger partial charge on any atom is -0.397 e. The summed E-state index contributed by atoms with van der Waals surface area (Å²) < 4.78 is 13.6. The molecular weight excluding hydrogens is 215 g/mol. The van der Waals surface area contributed by atoms with Crippen LogP contribution in [0.4, 0.5) is 21.5 Å². The van der Waals surface area contributed by atoms with Crippen LogP contribution in [-0.2, 0) is 0 Å². The molecule has 0 heterocycles. The molecule has 0 saturated heterocycles. The second-order valence-electron chi connectivity index (χ2n) is 4.13. The van der Waals surface area contributed by atoms with E-state index in [1.807, 2.05) is 32.0 Å². The van der Waals surface area contributed by atoms with Crippen molar-refractivity contribution in [1.82, 2.24) is 0 Å². The van der Waals surface area contributed by atoms with E-state index in [2.05, 4.69) is 5.32 Å². The van der Waals surface area contributed by atoms with E-state index in [0.717, 1.165) is 11.3 Å². The van der Waals surface area contributed by atoms with Gasteiger partial charge in [-0.2, -0.15) is 0 Å². The first kappa shape index (κ1) is 11.5. The van der Waals surface area contributed by atoms with Crippen LogP contribution in [0.15, 0.2) is 36.4 Å². The van der Waals surface area contributed by atoms with Crippen LogP contribution in [0.3, 0.4) is 0 Å². The summed E-state index contributed by atoms with van der Waals surface area (Å²) in [6.07, 6.45) is 0. The Hall–Kier alpha value is -2.03. The maximum Gasteiger partial charge on any atom is 0.148 e. The molecule has 2 nitrogen and oxygen atoms in total. The molecule has 0 aromatic heterocycles. The third kappa shape index (κ3) is 2.38. The Kier molecular flexibility index (Phi) is 3.00. The predicted octanol–water partition coefficient (Wildman–Crippen LogP) is 3.77. The van der Waals surface area contributed by atoms with Gasteiger partial charge in [0.1, 0.15) is 5.82 Å². The summed E-state index contributed by atoms with van der Waals surface area (Å²) >= 11 is 0. The monoisotopic (exact) mass is 230 g/mol. The average molecular weight is 230 g/mol. The van der Waals surface area contributed by atoms with Gasteiger partial charge in [-0.05, 0) is 49.2 Å². The van der Waals surface area contributed by atoms with Crippen molar-refractivity contribution in [2.45, 2.75) is 13.8 Å². The molecule has 0 aliphatic rings. The lowest BCUT2D eigenvalue weighted by Crippen LogP contribution is -1.99. The number of nitrogen functional groups attached to an aromatic ring is 1. The van der Waals surface area contributed by atoms with Crippen molar-refractivity contribution in [2.24, 2.45) is 0 Å². The molecule has 0 spiro atoms. The van der Waals surface area contributed by atoms with E-state index in [4.69, 9.17) is 5.73 Å². The molecule has 0 amide bonds. The van der Waals surface area contributed by atoms with E-state index < -0.39 is 0 Å². The van der Waals surface area contributed by atoms with Crippen molar-refractivity contribution < 1.29 is 4.39 Å². The van der Waals surface area contributed by atoms with Crippen LogP contribution < -0.4 is 11.1 Å². The molecule has 2 aromatic carbocycles. The molecule has 2 rings (SSSR count). The van der Waals surface area contributed by atoms with Crippen LogP contribution >= 0.6 is 0 Å². The number of anilines is 3. The molecule has 0 aliphatic carbocycles. The van der Waals surface area contributed by atoms with Crippen molar-refractivity contribution in [2.75, 3.05) is 11.1 Å². The number of halogens is 1. The van der Waals surface area contributed by atoms with Gasteiger partial charge in [0.05, 0.1) is 11.4 Å². The molecular formula is C14H15FN2. The molecule has 3 heteroatoms. The third-order valence-electron chi connectivity index (χ3n) is 2.82. The Balaban J connectivity index is 2.35. The SMILES string of the molecule is Cc1ccc(Nc2c(N)cccc2F)cc1C. The lowest BCUT2D eigenvalue weighted by Gasteiger charge is -2.11. The molecule has 0 unspecified atom stereocenters. The van der Waals surface area contributed by atoms with Gasteiger partial charge in [0, 0.05) is 5.69 Å². The molecule has 0 fully saturated rings. The first-order valence-electron chi connectivity index (χ1n) is 5.46. The van der Waals surface area contributed by atoms with Crippen molar-refractivity contribution in [3.05, 3.63) is 53.3 Å². The minimum atomic E-state index is -0.344. The van der Waals surface area contributed by atoms with E-state index in [1.165, 1.54) is 11.6 Å². The van der Waals surface area contributed by atoms with Gasteiger partial charge in [-0.1, -0.05) is 12.1 Å². The van der Waals surface area contributed by atoms with Gasteiger partial charge in [-0.15, -0.1) is 0 Å². The first-order chi connectivity index (χ1) is 8.08. The van der Waals surface area contributed by atoms with Gasteiger partial charge in [-0.3, -0.25) is 0 Å². The predicted molar refractivity (Wildman–Crippen MR) is 70.0 cm³/mol. The summed E-state index contributed by atoms with van der Waals surface area (Å²) in [5.74, 6) is -0.344. The normalized spacial score (nSPS) is 10.3. The first-order valence-corrected chi connectivity index (χ1v) is 5.46. The number of hydrogen-bond donors (Lipinski definition) is 2. The smallest absolute Gasteiger partial charge is 0.148 e. The molecule has 0 atom stereocenters. The number of benzene rings is 2. The lowest BCUT2D eigenvalue weighted by molar-refractivity contribution is 0.632. The third-order valence-corrected chi connectivity index (χ3v) is 2.82. The largest absolute Gasteiger partial charge is 0.397 e. The van der Waals surface area contributed by atoms with Gasteiger partial charge < -0.3 is 11.1 Å². The quantitative estimate of drug-likeness (QED) is 0.771. The molecule has 0 bridgehead atoms. The second-order valence-corrected chi connectivity index (χ2v) is 4.13. The highest BCUT2D eigenvalue weighted by Crippen LogP contribution is 2.26. The topological polar surface area (TPSA) is 38.0 Å². The molecule has 0 aliphatic heterocycles. The van der Waals surface area contributed by atoms with Gasteiger partial charge in [0.15, 0.2) is 0 Å². The lowest BCUT2D eigenvalue weighted by atomic mass is 10.1. The second kappa shape index (κ2) is 4.45. The Morgan fingerprint density at radius 2 is 1.82 bits per heavy atom. The summed E-state index contributed by atoms with van der Waals surface area (Å²) in [5.41, 5.74) is 9.67. The van der Waals surface area contributed by atoms with Crippen LogP contribution in [-0.4, -0.2) is 0 Å². The molecule has 0 saturated carbocycles. The summed E-state index contributed by atoms with van der Waals surface area (Å²) in [5, 5.41) is 3.01. The molecule has 2 aromatic rings. The highest BCUT2D eigenvalue weighted by Gasteiger charge is 2.06. The number of para-hydroxylation sites is 1. The van der Waals surface area contributed by atoms with Gasteiger partial charge >= 0.3 is 0 Å². The maximum atomic E-state index is 13.6. The highest BCUT2D eigenvalue weighted by molar-refractivity contribution is 5.73. The Labute approximate surface area is 100 Å². The van der Waals surface area contributed by atoms with E-state index in [0.29, 0.717) is 11.4 Å². The zero-order valence-electron chi connectivity index (χ0n) is 9.92. The van der Waals surface area contributed by atoms with Crippen LogP contribution in [0.5, 0.6) is 0 Å². The Morgan fingerprint density at radius 1 is 1.06 bits per heavy atom. The number of hydrogen-bond acceptors (Lipinski definition) is 2. The fourth-order valence-electron chi connectivity index (χ4n) is 1.64. The number of rotatable bonds is 2. The van der Waals surface area contributed by atoms with Gasteiger partial charge in [0.2, 0.25) is 0 Å². The molecule has 17 heavy (non-hydrogen) atoms. The van der Waals surface area contributed by atoms with E-state index >= 15 is 0 Å².